The lowest BCUT2D eigenvalue weighted by atomic mass is 10.1. The quantitative estimate of drug-likeness (QED) is 0.342. The Hall–Kier alpha value is -3.05. The molecule has 0 atom stereocenters. The summed E-state index contributed by atoms with van der Waals surface area (Å²) in [5, 5.41) is 11.4. The Balaban J connectivity index is 2.01. The fourth-order valence-corrected chi connectivity index (χ4v) is 3.82. The fraction of sp³-hybridized carbons (Fsp3) is 0.455. The molecule has 33 heavy (non-hydrogen) atoms. The number of sulfonamides is 1. The Morgan fingerprint density at radius 3 is 2.27 bits per heavy atom. The molecule has 2 aromatic rings. The van der Waals surface area contributed by atoms with Crippen LogP contribution >= 0.6 is 0 Å². The normalized spacial score (nSPS) is 11.5. The first-order valence-electron chi connectivity index (χ1n) is 10.4. The van der Waals surface area contributed by atoms with Crippen molar-refractivity contribution in [2.75, 3.05) is 44.9 Å². The van der Waals surface area contributed by atoms with Gasteiger partial charge in [0.15, 0.2) is 17.2 Å². The number of hydrogen-bond donors (Lipinski definition) is 1. The lowest BCUT2D eigenvalue weighted by molar-refractivity contribution is -0.385. The Morgan fingerprint density at radius 1 is 1.03 bits per heavy atom. The van der Waals surface area contributed by atoms with E-state index in [4.69, 9.17) is 14.2 Å². The van der Waals surface area contributed by atoms with Crippen molar-refractivity contribution in [3.8, 4) is 17.2 Å². The minimum atomic E-state index is -3.54. The summed E-state index contributed by atoms with van der Waals surface area (Å²) in [6.45, 7) is 5.70. The number of ether oxygens (including phenoxy) is 3. The van der Waals surface area contributed by atoms with E-state index in [9.17, 15) is 18.5 Å². The third-order valence-electron chi connectivity index (χ3n) is 4.96. The van der Waals surface area contributed by atoms with Crippen LogP contribution in [0.2, 0.25) is 0 Å². The molecule has 0 saturated carbocycles. The van der Waals surface area contributed by atoms with Gasteiger partial charge >= 0.3 is 5.69 Å². The molecular formula is C22H31N3O7S. The van der Waals surface area contributed by atoms with Crippen LogP contribution in [0.25, 0.3) is 0 Å². The van der Waals surface area contributed by atoms with Gasteiger partial charge in [-0.25, -0.2) is 8.42 Å². The molecule has 2 aromatic carbocycles. The maximum absolute atomic E-state index is 11.4. The zero-order valence-electron chi connectivity index (χ0n) is 19.5. The van der Waals surface area contributed by atoms with E-state index in [1.807, 2.05) is 18.2 Å². The van der Waals surface area contributed by atoms with Crippen molar-refractivity contribution in [3.05, 3.63) is 52.1 Å². The first-order valence-corrected chi connectivity index (χ1v) is 12.3. The summed E-state index contributed by atoms with van der Waals surface area (Å²) in [5.74, 6) is 1.44. The molecule has 11 heteroatoms. The van der Waals surface area contributed by atoms with Gasteiger partial charge in [0.1, 0.15) is 6.61 Å². The Bertz CT molecular complexity index is 1060. The van der Waals surface area contributed by atoms with E-state index >= 15 is 0 Å². The van der Waals surface area contributed by atoms with E-state index in [1.165, 1.54) is 12.1 Å². The van der Waals surface area contributed by atoms with Crippen LogP contribution in [-0.4, -0.2) is 64.5 Å². The van der Waals surface area contributed by atoms with Crippen LogP contribution in [0.5, 0.6) is 17.2 Å². The summed E-state index contributed by atoms with van der Waals surface area (Å²) < 4.78 is 41.3. The van der Waals surface area contributed by atoms with Crippen molar-refractivity contribution >= 4 is 21.4 Å². The van der Waals surface area contributed by atoms with E-state index in [2.05, 4.69) is 23.5 Å². The van der Waals surface area contributed by atoms with E-state index < -0.39 is 14.9 Å². The van der Waals surface area contributed by atoms with Gasteiger partial charge in [-0.2, -0.15) is 0 Å². The summed E-state index contributed by atoms with van der Waals surface area (Å²) in [5.41, 5.74) is 0.907. The third kappa shape index (κ3) is 8.10. The highest BCUT2D eigenvalue weighted by Gasteiger charge is 2.18. The number of benzene rings is 2. The SMILES string of the molecule is COc1ccc(CCN(CCOc2ccc(NS(C)(=O)=O)cc2[N+](=O)[O-])C(C)C)cc1OC. The molecule has 0 heterocycles. The third-order valence-corrected chi connectivity index (χ3v) is 5.57. The molecule has 182 valence electrons. The van der Waals surface area contributed by atoms with E-state index in [1.54, 1.807) is 14.2 Å². The number of nitro benzene ring substituents is 1. The van der Waals surface area contributed by atoms with Gasteiger partial charge in [-0.1, -0.05) is 6.07 Å². The smallest absolute Gasteiger partial charge is 0.313 e. The Kier molecular flexibility index (Phi) is 9.30. The van der Waals surface area contributed by atoms with Crippen LogP contribution in [0.4, 0.5) is 11.4 Å². The topological polar surface area (TPSA) is 120 Å². The highest BCUT2D eigenvalue weighted by atomic mass is 32.2. The highest BCUT2D eigenvalue weighted by Crippen LogP contribution is 2.30. The minimum Gasteiger partial charge on any atom is -0.493 e. The number of anilines is 1. The average Bonchev–Trinajstić information content (AvgIpc) is 2.75. The predicted octanol–water partition coefficient (Wildman–Crippen LogP) is 3.32. The van der Waals surface area contributed by atoms with Gasteiger partial charge in [-0.15, -0.1) is 0 Å². The first kappa shape index (κ1) is 26.2. The first-order chi connectivity index (χ1) is 15.5. The number of nitrogens with zero attached hydrogens (tertiary/aromatic N) is 2. The molecule has 0 aliphatic heterocycles. The van der Waals surface area contributed by atoms with Gasteiger partial charge < -0.3 is 14.2 Å². The lowest BCUT2D eigenvalue weighted by Gasteiger charge is -2.26. The molecular weight excluding hydrogens is 450 g/mol. The van der Waals surface area contributed by atoms with Crippen LogP contribution in [-0.2, 0) is 16.4 Å². The zero-order chi connectivity index (χ0) is 24.6. The van der Waals surface area contributed by atoms with Crippen LogP contribution in [0.1, 0.15) is 19.4 Å². The second kappa shape index (κ2) is 11.7. The molecule has 0 aromatic heterocycles. The minimum absolute atomic E-state index is 0.0858. The van der Waals surface area contributed by atoms with Crippen molar-refractivity contribution in [2.45, 2.75) is 26.3 Å². The van der Waals surface area contributed by atoms with Gasteiger partial charge in [0.25, 0.3) is 0 Å². The molecule has 0 bridgehead atoms. The van der Waals surface area contributed by atoms with Crippen LogP contribution < -0.4 is 18.9 Å². The number of nitrogens with one attached hydrogen (secondary N) is 1. The Labute approximate surface area is 194 Å². The van der Waals surface area contributed by atoms with Crippen molar-refractivity contribution in [2.24, 2.45) is 0 Å². The molecule has 0 unspecified atom stereocenters. The van der Waals surface area contributed by atoms with Gasteiger partial charge in [0.05, 0.1) is 31.1 Å². The van der Waals surface area contributed by atoms with Crippen molar-refractivity contribution in [3.63, 3.8) is 0 Å². The van der Waals surface area contributed by atoms with Crippen LogP contribution in [0.15, 0.2) is 36.4 Å². The van der Waals surface area contributed by atoms with Crippen molar-refractivity contribution < 1.29 is 27.6 Å². The summed E-state index contributed by atoms with van der Waals surface area (Å²) in [6.07, 6.45) is 1.76. The molecule has 0 aliphatic rings. The van der Waals surface area contributed by atoms with Gasteiger partial charge in [0.2, 0.25) is 10.0 Å². The second-order valence-corrected chi connectivity index (χ2v) is 9.48. The van der Waals surface area contributed by atoms with E-state index in [0.717, 1.165) is 30.9 Å². The summed E-state index contributed by atoms with van der Waals surface area (Å²) >= 11 is 0. The van der Waals surface area contributed by atoms with Gasteiger partial charge in [-0.05, 0) is 50.1 Å². The van der Waals surface area contributed by atoms with Crippen molar-refractivity contribution in [1.82, 2.24) is 4.90 Å². The highest BCUT2D eigenvalue weighted by molar-refractivity contribution is 7.92. The Morgan fingerprint density at radius 2 is 1.70 bits per heavy atom. The molecule has 2 rings (SSSR count). The molecule has 0 saturated heterocycles. The van der Waals surface area contributed by atoms with E-state index in [-0.39, 0.29) is 29.8 Å². The maximum atomic E-state index is 11.4. The molecule has 1 N–H and O–H groups in total. The number of methoxy groups -OCH3 is 2. The molecule has 0 fully saturated rings. The van der Waals surface area contributed by atoms with E-state index in [0.29, 0.717) is 18.0 Å². The second-order valence-electron chi connectivity index (χ2n) is 7.73. The average molecular weight is 482 g/mol. The number of hydrogen-bond acceptors (Lipinski definition) is 8. The summed E-state index contributed by atoms with van der Waals surface area (Å²) in [7, 11) is -0.348. The fourth-order valence-electron chi connectivity index (χ4n) is 3.27. The number of nitro groups is 1. The lowest BCUT2D eigenvalue weighted by Crippen LogP contribution is -2.36. The molecule has 0 spiro atoms. The summed E-state index contributed by atoms with van der Waals surface area (Å²) in [6, 6.07) is 10.0. The molecule has 10 nitrogen and oxygen atoms in total. The largest absolute Gasteiger partial charge is 0.493 e. The van der Waals surface area contributed by atoms with Gasteiger partial charge in [-0.3, -0.25) is 19.7 Å². The number of rotatable bonds is 13. The molecule has 0 radical (unpaired) electrons. The standard InChI is InChI=1S/C22H31N3O7S/c1-16(2)24(11-10-17-6-8-21(30-3)22(14-17)31-4)12-13-32-20-9-7-18(23-33(5,28)29)15-19(20)25(26)27/h6-9,14-16,23H,10-13H2,1-5H3. The molecule has 0 aliphatic carbocycles. The summed E-state index contributed by atoms with van der Waals surface area (Å²) in [4.78, 5) is 13.0. The predicted molar refractivity (Wildman–Crippen MR) is 127 cm³/mol. The molecule has 0 amide bonds. The van der Waals surface area contributed by atoms with Crippen molar-refractivity contribution in [1.29, 1.82) is 0 Å². The monoisotopic (exact) mass is 481 g/mol. The maximum Gasteiger partial charge on any atom is 0.313 e. The van der Waals surface area contributed by atoms with Crippen LogP contribution in [0.3, 0.4) is 0 Å². The zero-order valence-corrected chi connectivity index (χ0v) is 20.3. The van der Waals surface area contributed by atoms with Gasteiger partial charge in [0, 0.05) is 25.2 Å². The van der Waals surface area contributed by atoms with Crippen LogP contribution in [0, 0.1) is 10.1 Å².